The first-order valence-electron chi connectivity index (χ1n) is 6.72. The molecular weight excluding hydrogens is 230 g/mol. The summed E-state index contributed by atoms with van der Waals surface area (Å²) in [6.45, 7) is 6.32. The van der Waals surface area contributed by atoms with E-state index in [9.17, 15) is 4.79 Å². The van der Waals surface area contributed by atoms with Crippen molar-refractivity contribution in [3.05, 3.63) is 11.6 Å². The van der Waals surface area contributed by atoms with Crippen LogP contribution in [0.4, 0.5) is 0 Å². The van der Waals surface area contributed by atoms with Crippen molar-refractivity contribution in [2.24, 2.45) is 5.92 Å². The molecule has 1 aromatic heterocycles. The van der Waals surface area contributed by atoms with Crippen molar-refractivity contribution in [2.45, 2.75) is 52.5 Å². The molecule has 0 amide bonds. The minimum Gasteiger partial charge on any atom is -0.460 e. The van der Waals surface area contributed by atoms with Gasteiger partial charge in [0.25, 0.3) is 0 Å². The zero-order valence-corrected chi connectivity index (χ0v) is 11.3. The van der Waals surface area contributed by atoms with E-state index >= 15 is 0 Å². The molecule has 0 aromatic carbocycles. The fourth-order valence-electron chi connectivity index (χ4n) is 2.78. The van der Waals surface area contributed by atoms with Crippen LogP contribution in [0.3, 0.4) is 0 Å². The monoisotopic (exact) mass is 251 g/mol. The molecule has 1 fully saturated rings. The number of aryl methyl sites for hydroxylation is 1. The van der Waals surface area contributed by atoms with Gasteiger partial charge >= 0.3 is 5.97 Å². The third kappa shape index (κ3) is 2.54. The molecular formula is C13H21N3O2. The van der Waals surface area contributed by atoms with Crippen LogP contribution in [0.15, 0.2) is 0 Å². The summed E-state index contributed by atoms with van der Waals surface area (Å²) < 4.78 is 7.00. The van der Waals surface area contributed by atoms with Gasteiger partial charge in [-0.2, -0.15) is 0 Å². The summed E-state index contributed by atoms with van der Waals surface area (Å²) in [5, 5.41) is 8.01. The number of carbonyl (C=O) groups excluding carboxylic acids is 1. The van der Waals surface area contributed by atoms with Crippen LogP contribution >= 0.6 is 0 Å². The average Bonchev–Trinajstić information content (AvgIpc) is 2.71. The van der Waals surface area contributed by atoms with Crippen LogP contribution in [0.5, 0.6) is 0 Å². The van der Waals surface area contributed by atoms with E-state index in [4.69, 9.17) is 4.74 Å². The van der Waals surface area contributed by atoms with Crippen LogP contribution in [-0.2, 0) is 4.74 Å². The van der Waals surface area contributed by atoms with E-state index in [0.29, 0.717) is 24.4 Å². The van der Waals surface area contributed by atoms with Crippen molar-refractivity contribution in [2.75, 3.05) is 6.61 Å². The Bertz CT molecular complexity index is 428. The molecule has 0 aliphatic heterocycles. The minimum absolute atomic E-state index is 0.336. The predicted octanol–water partition coefficient (Wildman–Crippen LogP) is 2.51. The van der Waals surface area contributed by atoms with Gasteiger partial charge in [-0.3, -0.25) is 0 Å². The molecule has 100 valence electrons. The molecule has 2 unspecified atom stereocenters. The lowest BCUT2D eigenvalue weighted by Gasteiger charge is -2.28. The first-order chi connectivity index (χ1) is 8.63. The number of hydrogen-bond donors (Lipinski definition) is 0. The van der Waals surface area contributed by atoms with Crippen molar-refractivity contribution >= 4 is 5.97 Å². The topological polar surface area (TPSA) is 57.0 Å². The van der Waals surface area contributed by atoms with E-state index in [-0.39, 0.29) is 5.97 Å². The first-order valence-corrected chi connectivity index (χ1v) is 6.72. The van der Waals surface area contributed by atoms with Gasteiger partial charge in [0.2, 0.25) is 5.82 Å². The van der Waals surface area contributed by atoms with Gasteiger partial charge in [0.15, 0.2) is 0 Å². The van der Waals surface area contributed by atoms with Gasteiger partial charge < -0.3 is 9.30 Å². The number of ether oxygens (including phenoxy) is 1. The number of rotatable bonds is 3. The minimum atomic E-state index is -0.365. The second kappa shape index (κ2) is 5.50. The SMILES string of the molecule is CCOC(=O)c1nnc(C)n1C1CCCC(C)C1. The van der Waals surface area contributed by atoms with E-state index < -0.39 is 0 Å². The molecule has 0 saturated heterocycles. The van der Waals surface area contributed by atoms with Gasteiger partial charge in [0.1, 0.15) is 5.82 Å². The maximum Gasteiger partial charge on any atom is 0.376 e. The molecule has 0 N–H and O–H groups in total. The number of esters is 1. The summed E-state index contributed by atoms with van der Waals surface area (Å²) in [7, 11) is 0. The summed E-state index contributed by atoms with van der Waals surface area (Å²) >= 11 is 0. The highest BCUT2D eigenvalue weighted by molar-refractivity contribution is 5.85. The molecule has 5 nitrogen and oxygen atoms in total. The summed E-state index contributed by atoms with van der Waals surface area (Å²) in [5.41, 5.74) is 0. The third-order valence-corrected chi connectivity index (χ3v) is 3.60. The van der Waals surface area contributed by atoms with Gasteiger partial charge in [-0.05, 0) is 32.6 Å². The van der Waals surface area contributed by atoms with Crippen molar-refractivity contribution in [3.63, 3.8) is 0 Å². The molecule has 0 radical (unpaired) electrons. The Balaban J connectivity index is 2.25. The van der Waals surface area contributed by atoms with E-state index in [0.717, 1.165) is 18.7 Å². The van der Waals surface area contributed by atoms with Crippen molar-refractivity contribution in [3.8, 4) is 0 Å². The van der Waals surface area contributed by atoms with Gasteiger partial charge in [0.05, 0.1) is 6.61 Å². The van der Waals surface area contributed by atoms with Gasteiger partial charge in [0, 0.05) is 6.04 Å². The van der Waals surface area contributed by atoms with Crippen LogP contribution in [0.1, 0.15) is 62.0 Å². The Morgan fingerprint density at radius 3 is 2.89 bits per heavy atom. The van der Waals surface area contributed by atoms with E-state index in [2.05, 4.69) is 17.1 Å². The van der Waals surface area contributed by atoms with Gasteiger partial charge in [-0.15, -0.1) is 10.2 Å². The summed E-state index contributed by atoms with van der Waals surface area (Å²) in [6.07, 6.45) is 4.65. The number of aromatic nitrogens is 3. The van der Waals surface area contributed by atoms with Crippen molar-refractivity contribution in [1.82, 2.24) is 14.8 Å². The Kier molecular flexibility index (Phi) is 3.99. The smallest absolute Gasteiger partial charge is 0.376 e. The quantitative estimate of drug-likeness (QED) is 0.774. The van der Waals surface area contributed by atoms with Crippen molar-refractivity contribution in [1.29, 1.82) is 0 Å². The lowest BCUT2D eigenvalue weighted by Crippen LogP contribution is -2.23. The zero-order valence-electron chi connectivity index (χ0n) is 11.3. The highest BCUT2D eigenvalue weighted by Crippen LogP contribution is 2.33. The Morgan fingerprint density at radius 2 is 2.22 bits per heavy atom. The van der Waals surface area contributed by atoms with Crippen LogP contribution in [0.25, 0.3) is 0 Å². The largest absolute Gasteiger partial charge is 0.460 e. The van der Waals surface area contributed by atoms with Crippen LogP contribution in [0.2, 0.25) is 0 Å². The van der Waals surface area contributed by atoms with Crippen LogP contribution < -0.4 is 0 Å². The molecule has 0 bridgehead atoms. The summed E-state index contributed by atoms with van der Waals surface area (Å²) in [4.78, 5) is 11.9. The Labute approximate surface area is 108 Å². The highest BCUT2D eigenvalue weighted by Gasteiger charge is 2.27. The molecule has 1 aliphatic carbocycles. The molecule has 5 heteroatoms. The molecule has 2 rings (SSSR count). The zero-order chi connectivity index (χ0) is 13.1. The second-order valence-corrected chi connectivity index (χ2v) is 5.09. The van der Waals surface area contributed by atoms with Gasteiger partial charge in [-0.25, -0.2) is 4.79 Å². The normalized spacial score (nSPS) is 23.9. The molecule has 1 aromatic rings. The number of carbonyl (C=O) groups is 1. The first kappa shape index (κ1) is 13.1. The Hall–Kier alpha value is -1.39. The molecule has 2 atom stereocenters. The summed E-state index contributed by atoms with van der Waals surface area (Å²) in [6, 6.07) is 0.336. The fraction of sp³-hybridized carbons (Fsp3) is 0.769. The van der Waals surface area contributed by atoms with Crippen molar-refractivity contribution < 1.29 is 9.53 Å². The third-order valence-electron chi connectivity index (χ3n) is 3.60. The summed E-state index contributed by atoms with van der Waals surface area (Å²) in [5.74, 6) is 1.49. The predicted molar refractivity (Wildman–Crippen MR) is 67.4 cm³/mol. The van der Waals surface area contributed by atoms with Crippen LogP contribution in [-0.4, -0.2) is 27.3 Å². The molecule has 1 heterocycles. The maximum absolute atomic E-state index is 11.9. The number of hydrogen-bond acceptors (Lipinski definition) is 4. The van der Waals surface area contributed by atoms with Gasteiger partial charge in [-0.1, -0.05) is 19.8 Å². The molecule has 1 aliphatic rings. The lowest BCUT2D eigenvalue weighted by atomic mass is 9.87. The standard InChI is InChI=1S/C13H21N3O2/c1-4-18-13(17)12-15-14-10(3)16(12)11-7-5-6-9(2)8-11/h9,11H,4-8H2,1-3H3. The average molecular weight is 251 g/mol. The Morgan fingerprint density at radius 1 is 1.44 bits per heavy atom. The fourth-order valence-corrected chi connectivity index (χ4v) is 2.78. The number of nitrogens with zero attached hydrogens (tertiary/aromatic N) is 3. The molecule has 1 saturated carbocycles. The maximum atomic E-state index is 11.9. The molecule has 0 spiro atoms. The lowest BCUT2D eigenvalue weighted by molar-refractivity contribution is 0.0499. The molecule has 18 heavy (non-hydrogen) atoms. The van der Waals surface area contributed by atoms with Crippen LogP contribution in [0, 0.1) is 12.8 Å². The van der Waals surface area contributed by atoms with E-state index in [1.165, 1.54) is 12.8 Å². The highest BCUT2D eigenvalue weighted by atomic mass is 16.5. The van der Waals surface area contributed by atoms with E-state index in [1.54, 1.807) is 6.92 Å². The van der Waals surface area contributed by atoms with E-state index in [1.807, 2.05) is 11.5 Å². The second-order valence-electron chi connectivity index (χ2n) is 5.09.